The van der Waals surface area contributed by atoms with Crippen molar-refractivity contribution in [2.24, 2.45) is 5.18 Å². The van der Waals surface area contributed by atoms with Gasteiger partial charge >= 0.3 is 6.18 Å². The Labute approximate surface area is 212 Å². The molecule has 0 amide bonds. The highest BCUT2D eigenvalue weighted by atomic mass is 35.5. The van der Waals surface area contributed by atoms with Crippen molar-refractivity contribution in [3.8, 4) is 0 Å². The van der Waals surface area contributed by atoms with Crippen LogP contribution in [0.1, 0.15) is 28.3 Å². The highest BCUT2D eigenvalue weighted by Gasteiger charge is 2.35. The first-order valence-corrected chi connectivity index (χ1v) is 11.2. The van der Waals surface area contributed by atoms with Gasteiger partial charge in [-0.05, 0) is 40.6 Å². The fraction of sp³-hybridized carbons (Fsp3) is 0.125. The third-order valence-electron chi connectivity index (χ3n) is 5.40. The smallest absolute Gasteiger partial charge is 0.308 e. The van der Waals surface area contributed by atoms with E-state index in [1.807, 2.05) is 0 Å². The summed E-state index contributed by atoms with van der Waals surface area (Å²) in [5.74, 6) is -1.08. The molecule has 0 spiro atoms. The minimum Gasteiger partial charge on any atom is -0.308 e. The number of fused-ring (bicyclic) bond motifs is 1. The van der Waals surface area contributed by atoms with Crippen molar-refractivity contribution in [3.63, 3.8) is 0 Å². The molecule has 35 heavy (non-hydrogen) atoms. The van der Waals surface area contributed by atoms with E-state index >= 15 is 0 Å². The summed E-state index contributed by atoms with van der Waals surface area (Å²) in [7, 11) is 0. The summed E-state index contributed by atoms with van der Waals surface area (Å²) in [4.78, 5) is 20.3. The standard InChI is InChI=1S/C24H14Cl3F3N4O/c25-17-6-4-13(8-16(17)24(28,29)30)21(20(31)10-14-9-18(26)19(27)11-33-14)15-5-3-12-2-1-7-32-22(12)23(15)34-35/h1-9,11,21,31H,10H2. The third kappa shape index (κ3) is 5.15. The van der Waals surface area contributed by atoms with Gasteiger partial charge in [-0.15, -0.1) is 4.91 Å². The Kier molecular flexibility index (Phi) is 7.07. The Balaban J connectivity index is 1.91. The average Bonchev–Trinajstić information content (AvgIpc) is 2.81. The molecule has 1 atom stereocenters. The van der Waals surface area contributed by atoms with Crippen molar-refractivity contribution in [2.75, 3.05) is 0 Å². The molecule has 1 unspecified atom stereocenters. The molecule has 4 aromatic rings. The maximum absolute atomic E-state index is 13.6. The molecule has 0 radical (unpaired) electrons. The number of alkyl halides is 3. The molecule has 11 heteroatoms. The molecule has 2 aromatic heterocycles. The van der Waals surface area contributed by atoms with Crippen molar-refractivity contribution in [1.29, 1.82) is 5.41 Å². The quantitative estimate of drug-likeness (QED) is 0.198. The van der Waals surface area contributed by atoms with Crippen LogP contribution in [0.5, 0.6) is 0 Å². The van der Waals surface area contributed by atoms with Gasteiger partial charge in [-0.25, -0.2) is 0 Å². The Morgan fingerprint density at radius 1 is 1.00 bits per heavy atom. The Morgan fingerprint density at radius 3 is 2.46 bits per heavy atom. The lowest BCUT2D eigenvalue weighted by Gasteiger charge is -2.22. The van der Waals surface area contributed by atoms with Crippen molar-refractivity contribution in [2.45, 2.75) is 18.5 Å². The van der Waals surface area contributed by atoms with E-state index in [-0.39, 0.29) is 44.5 Å². The van der Waals surface area contributed by atoms with Gasteiger partial charge in [0, 0.05) is 41.5 Å². The van der Waals surface area contributed by atoms with Gasteiger partial charge in [-0.2, -0.15) is 13.2 Å². The highest BCUT2D eigenvalue weighted by molar-refractivity contribution is 6.41. The molecule has 1 N–H and O–H groups in total. The number of nitrogens with one attached hydrogen (secondary N) is 1. The van der Waals surface area contributed by atoms with Gasteiger partial charge in [0.05, 0.1) is 26.1 Å². The summed E-state index contributed by atoms with van der Waals surface area (Å²) in [6.45, 7) is 0. The van der Waals surface area contributed by atoms with Crippen LogP contribution in [0.2, 0.25) is 15.1 Å². The van der Waals surface area contributed by atoms with Gasteiger partial charge in [0.15, 0.2) is 0 Å². The molecule has 5 nitrogen and oxygen atoms in total. The summed E-state index contributed by atoms with van der Waals surface area (Å²) in [5.41, 5.74) is -0.190. The number of hydrogen-bond donors (Lipinski definition) is 1. The van der Waals surface area contributed by atoms with Crippen LogP contribution >= 0.6 is 34.8 Å². The molecule has 0 fully saturated rings. The predicted octanol–water partition coefficient (Wildman–Crippen LogP) is 8.40. The van der Waals surface area contributed by atoms with E-state index in [0.29, 0.717) is 11.1 Å². The Morgan fingerprint density at radius 2 is 1.77 bits per heavy atom. The molecular formula is C24H14Cl3F3N4O. The predicted molar refractivity (Wildman–Crippen MR) is 131 cm³/mol. The molecular weight excluding hydrogens is 524 g/mol. The number of rotatable bonds is 6. The van der Waals surface area contributed by atoms with E-state index in [1.54, 1.807) is 24.3 Å². The lowest BCUT2D eigenvalue weighted by molar-refractivity contribution is -0.137. The second-order valence-corrected chi connectivity index (χ2v) is 8.85. The Bertz CT molecular complexity index is 1460. The number of benzene rings is 2. The molecule has 0 aliphatic carbocycles. The van der Waals surface area contributed by atoms with Crippen LogP contribution in [-0.2, 0) is 12.6 Å². The molecule has 0 bridgehead atoms. The van der Waals surface area contributed by atoms with Gasteiger partial charge in [0.2, 0.25) is 0 Å². The number of nitroso groups, excluding NO2 is 1. The fourth-order valence-corrected chi connectivity index (χ4v) is 4.33. The van der Waals surface area contributed by atoms with E-state index in [0.717, 1.165) is 12.1 Å². The molecule has 0 aliphatic rings. The minimum atomic E-state index is -4.72. The van der Waals surface area contributed by atoms with Gasteiger partial charge in [0.1, 0.15) is 5.69 Å². The fourth-order valence-electron chi connectivity index (χ4n) is 3.83. The van der Waals surface area contributed by atoms with Gasteiger partial charge < -0.3 is 5.41 Å². The zero-order valence-corrected chi connectivity index (χ0v) is 19.8. The maximum Gasteiger partial charge on any atom is 0.417 e. The number of halogens is 6. The van der Waals surface area contributed by atoms with E-state index < -0.39 is 22.7 Å². The van der Waals surface area contributed by atoms with E-state index in [2.05, 4.69) is 15.1 Å². The van der Waals surface area contributed by atoms with Crippen LogP contribution in [0, 0.1) is 10.3 Å². The lowest BCUT2D eigenvalue weighted by atomic mass is 9.83. The first-order valence-electron chi connectivity index (χ1n) is 10.0. The van der Waals surface area contributed by atoms with Gasteiger partial charge in [-0.1, -0.05) is 59.1 Å². The monoisotopic (exact) mass is 536 g/mol. The molecule has 2 aromatic carbocycles. The number of pyridine rings is 2. The van der Waals surface area contributed by atoms with Crippen LogP contribution < -0.4 is 0 Å². The molecule has 178 valence electrons. The van der Waals surface area contributed by atoms with Crippen molar-refractivity contribution in [3.05, 3.63) is 103 Å². The van der Waals surface area contributed by atoms with Crippen molar-refractivity contribution < 1.29 is 13.2 Å². The lowest BCUT2D eigenvalue weighted by Crippen LogP contribution is -2.18. The first-order chi connectivity index (χ1) is 16.6. The summed E-state index contributed by atoms with van der Waals surface area (Å²) >= 11 is 17.8. The largest absolute Gasteiger partial charge is 0.417 e. The van der Waals surface area contributed by atoms with E-state index in [9.17, 15) is 18.1 Å². The summed E-state index contributed by atoms with van der Waals surface area (Å²) in [5, 5.41) is 12.6. The highest BCUT2D eigenvalue weighted by Crippen LogP contribution is 2.41. The molecule has 4 rings (SSSR count). The van der Waals surface area contributed by atoms with Crippen molar-refractivity contribution in [1.82, 2.24) is 9.97 Å². The van der Waals surface area contributed by atoms with E-state index in [4.69, 9.17) is 40.2 Å². The molecule has 0 saturated carbocycles. The summed E-state index contributed by atoms with van der Waals surface area (Å²) < 4.78 is 40.9. The topological polar surface area (TPSA) is 79.1 Å². The average molecular weight is 538 g/mol. The van der Waals surface area contributed by atoms with Crippen LogP contribution in [-0.4, -0.2) is 15.7 Å². The third-order valence-corrected chi connectivity index (χ3v) is 6.44. The number of nitrogens with zero attached hydrogens (tertiary/aromatic N) is 3. The second kappa shape index (κ2) is 9.89. The summed E-state index contributed by atoms with van der Waals surface area (Å²) in [6, 6.07) is 11.5. The zero-order chi connectivity index (χ0) is 25.3. The molecule has 0 aliphatic heterocycles. The second-order valence-electron chi connectivity index (χ2n) is 7.63. The zero-order valence-electron chi connectivity index (χ0n) is 17.6. The van der Waals surface area contributed by atoms with Gasteiger partial charge in [0.25, 0.3) is 0 Å². The SMILES string of the molecule is N=C(Cc1cc(Cl)c(Cl)cn1)C(c1ccc(Cl)c(C(F)(F)F)c1)c1ccc2cccnc2c1N=O. The van der Waals surface area contributed by atoms with Crippen LogP contribution in [0.4, 0.5) is 18.9 Å². The van der Waals surface area contributed by atoms with Crippen LogP contribution in [0.25, 0.3) is 10.9 Å². The minimum absolute atomic E-state index is 0.0495. The number of hydrogen-bond acceptors (Lipinski definition) is 5. The molecule has 2 heterocycles. The van der Waals surface area contributed by atoms with Crippen molar-refractivity contribution >= 4 is 57.1 Å². The summed E-state index contributed by atoms with van der Waals surface area (Å²) in [6.07, 6.45) is -2.00. The normalized spacial score (nSPS) is 12.5. The van der Waals surface area contributed by atoms with Crippen LogP contribution in [0.3, 0.4) is 0 Å². The first kappa shape index (κ1) is 25.0. The molecule has 0 saturated heterocycles. The maximum atomic E-state index is 13.6. The van der Waals surface area contributed by atoms with E-state index in [1.165, 1.54) is 24.5 Å². The Hall–Kier alpha value is -3.07. The number of aromatic nitrogens is 2. The van der Waals surface area contributed by atoms with Crippen LogP contribution in [0.15, 0.2) is 66.1 Å². The van der Waals surface area contributed by atoms with Gasteiger partial charge in [-0.3, -0.25) is 9.97 Å².